The van der Waals surface area contributed by atoms with E-state index < -0.39 is 5.91 Å². The minimum absolute atomic E-state index is 0.304. The smallest absolute Gasteiger partial charge is 0.295 e. The van der Waals surface area contributed by atoms with Crippen molar-refractivity contribution in [3.05, 3.63) is 40.9 Å². The molecule has 1 aliphatic rings. The van der Waals surface area contributed by atoms with E-state index in [0.717, 1.165) is 11.3 Å². The molecular formula is C19H18ClN5O4S. The Labute approximate surface area is 181 Å². The summed E-state index contributed by atoms with van der Waals surface area (Å²) < 4.78 is 16.2. The summed E-state index contributed by atoms with van der Waals surface area (Å²) in [5, 5.41) is 11.7. The second-order valence-electron chi connectivity index (χ2n) is 6.57. The molecule has 30 heavy (non-hydrogen) atoms. The van der Waals surface area contributed by atoms with Crippen molar-refractivity contribution in [2.75, 3.05) is 32.2 Å². The zero-order chi connectivity index (χ0) is 21.1. The van der Waals surface area contributed by atoms with Gasteiger partial charge in [-0.1, -0.05) is 16.7 Å². The molecule has 9 nitrogen and oxygen atoms in total. The Bertz CT molecular complexity index is 1070. The van der Waals surface area contributed by atoms with Crippen molar-refractivity contribution in [2.45, 2.75) is 6.92 Å². The fraction of sp³-hybridized carbons (Fsp3) is 0.316. The van der Waals surface area contributed by atoms with Crippen molar-refractivity contribution in [2.24, 2.45) is 5.92 Å². The zero-order valence-electron chi connectivity index (χ0n) is 16.2. The molecule has 0 aliphatic carbocycles. The Morgan fingerprint density at radius 3 is 2.90 bits per heavy atom. The summed E-state index contributed by atoms with van der Waals surface area (Å²) in [5.74, 6) is 0.445. The van der Waals surface area contributed by atoms with E-state index in [2.05, 4.69) is 25.5 Å². The first kappa shape index (κ1) is 20.5. The minimum Gasteiger partial charge on any atom is -0.494 e. The molecule has 4 rings (SSSR count). The molecule has 4 heterocycles. The number of nitrogens with zero attached hydrogens (tertiary/aromatic N) is 4. The van der Waals surface area contributed by atoms with E-state index in [-0.39, 0.29) is 0 Å². The maximum absolute atomic E-state index is 13.0. The maximum Gasteiger partial charge on any atom is 0.295 e. The number of carbonyl (C=O) groups is 1. The summed E-state index contributed by atoms with van der Waals surface area (Å²) >= 11 is 7.20. The molecule has 1 fully saturated rings. The number of ether oxygens (including phenoxy) is 3. The number of rotatable bonds is 7. The molecule has 0 spiro atoms. The molecule has 156 valence electrons. The lowest BCUT2D eigenvalue weighted by Gasteiger charge is -2.24. The lowest BCUT2D eigenvalue weighted by atomic mass is 9.99. The lowest BCUT2D eigenvalue weighted by Crippen LogP contribution is -2.32. The Morgan fingerprint density at radius 2 is 2.20 bits per heavy atom. The van der Waals surface area contributed by atoms with Gasteiger partial charge in [0, 0.05) is 23.9 Å². The van der Waals surface area contributed by atoms with Crippen molar-refractivity contribution in [3.63, 3.8) is 0 Å². The number of methoxy groups -OCH3 is 1. The quantitative estimate of drug-likeness (QED) is 0.550. The standard InChI is InChI=1S/C19H18ClN5O4S/c1-10-16(27-2)15(12-3-4-21-14(20)5-12)13(6-22-10)17(26)23-18-24-25-19(30-18)29-9-11-7-28-8-11/h3-6,11H,7-9H2,1-2H3,(H,23,24,26). The second-order valence-corrected chi connectivity index (χ2v) is 7.90. The third-order valence-electron chi connectivity index (χ3n) is 4.45. The largest absolute Gasteiger partial charge is 0.494 e. The highest BCUT2D eigenvalue weighted by molar-refractivity contribution is 7.17. The second kappa shape index (κ2) is 8.90. The number of aromatic nitrogens is 4. The normalized spacial score (nSPS) is 13.6. The zero-order valence-corrected chi connectivity index (χ0v) is 17.8. The van der Waals surface area contributed by atoms with E-state index in [0.29, 0.717) is 69.4 Å². The number of hydrogen-bond donors (Lipinski definition) is 1. The van der Waals surface area contributed by atoms with Gasteiger partial charge < -0.3 is 14.2 Å². The van der Waals surface area contributed by atoms with Crippen LogP contribution in [0.5, 0.6) is 10.9 Å². The Morgan fingerprint density at radius 1 is 1.37 bits per heavy atom. The maximum atomic E-state index is 13.0. The van der Waals surface area contributed by atoms with Crippen LogP contribution in [0.4, 0.5) is 5.13 Å². The first-order valence-corrected chi connectivity index (χ1v) is 10.3. The van der Waals surface area contributed by atoms with Crippen molar-refractivity contribution in [1.82, 2.24) is 20.2 Å². The molecule has 1 amide bonds. The molecule has 1 saturated heterocycles. The van der Waals surface area contributed by atoms with Crippen LogP contribution in [-0.4, -0.2) is 53.0 Å². The van der Waals surface area contributed by atoms with Crippen LogP contribution in [0.1, 0.15) is 16.1 Å². The summed E-state index contributed by atoms with van der Waals surface area (Å²) in [6.45, 7) is 3.68. The van der Waals surface area contributed by atoms with Gasteiger partial charge in [0.15, 0.2) is 0 Å². The summed E-state index contributed by atoms with van der Waals surface area (Å²) in [6.07, 6.45) is 3.06. The molecule has 11 heteroatoms. The SMILES string of the molecule is COc1c(C)ncc(C(=O)Nc2nnc(OCC3COC3)s2)c1-c1ccnc(Cl)c1. The van der Waals surface area contributed by atoms with Gasteiger partial charge in [0.1, 0.15) is 10.9 Å². The fourth-order valence-corrected chi connectivity index (χ4v) is 3.68. The molecular weight excluding hydrogens is 430 g/mol. The number of anilines is 1. The first-order chi connectivity index (χ1) is 14.5. The Balaban J connectivity index is 1.58. The molecule has 0 radical (unpaired) electrons. The predicted molar refractivity (Wildman–Crippen MR) is 111 cm³/mol. The van der Waals surface area contributed by atoms with Gasteiger partial charge in [0.25, 0.3) is 11.1 Å². The third-order valence-corrected chi connectivity index (χ3v) is 5.41. The van der Waals surface area contributed by atoms with Crippen LogP contribution < -0.4 is 14.8 Å². The van der Waals surface area contributed by atoms with Gasteiger partial charge in [-0.25, -0.2) is 4.98 Å². The van der Waals surface area contributed by atoms with Crippen molar-refractivity contribution < 1.29 is 19.0 Å². The van der Waals surface area contributed by atoms with Crippen LogP contribution in [0.3, 0.4) is 0 Å². The number of halogens is 1. The van der Waals surface area contributed by atoms with Crippen LogP contribution in [0.2, 0.25) is 5.15 Å². The van der Waals surface area contributed by atoms with Crippen molar-refractivity contribution >= 4 is 34.0 Å². The summed E-state index contributed by atoms with van der Waals surface area (Å²) in [4.78, 5) is 21.3. The van der Waals surface area contributed by atoms with Gasteiger partial charge >= 0.3 is 0 Å². The molecule has 3 aromatic heterocycles. The van der Waals surface area contributed by atoms with E-state index in [1.165, 1.54) is 13.3 Å². The number of carbonyl (C=O) groups excluding carboxylic acids is 1. The molecule has 0 aromatic carbocycles. The highest BCUT2D eigenvalue weighted by atomic mass is 35.5. The molecule has 0 saturated carbocycles. The molecule has 0 atom stereocenters. The molecule has 1 aliphatic heterocycles. The Hall–Kier alpha value is -2.82. The van der Waals surface area contributed by atoms with Crippen LogP contribution in [0, 0.1) is 12.8 Å². The summed E-state index contributed by atoms with van der Waals surface area (Å²) in [6, 6.07) is 3.41. The van der Waals surface area contributed by atoms with Crippen molar-refractivity contribution in [1.29, 1.82) is 0 Å². The van der Waals surface area contributed by atoms with E-state index in [1.54, 1.807) is 25.3 Å². The average molecular weight is 448 g/mol. The van der Waals surface area contributed by atoms with Crippen LogP contribution in [-0.2, 0) is 4.74 Å². The Kier molecular flexibility index (Phi) is 6.07. The van der Waals surface area contributed by atoms with Gasteiger partial charge in [0.05, 0.1) is 38.2 Å². The van der Waals surface area contributed by atoms with Gasteiger partial charge in [-0.3, -0.25) is 15.1 Å². The highest BCUT2D eigenvalue weighted by Crippen LogP contribution is 2.36. The van der Waals surface area contributed by atoms with Crippen LogP contribution in [0.15, 0.2) is 24.5 Å². The monoisotopic (exact) mass is 447 g/mol. The van der Waals surface area contributed by atoms with Crippen LogP contribution in [0.25, 0.3) is 11.1 Å². The molecule has 3 aromatic rings. The number of pyridine rings is 2. The lowest BCUT2D eigenvalue weighted by molar-refractivity contribution is -0.0509. The number of amides is 1. The molecule has 0 unspecified atom stereocenters. The van der Waals surface area contributed by atoms with Gasteiger partial charge in [-0.05, 0) is 36.0 Å². The summed E-state index contributed by atoms with van der Waals surface area (Å²) in [7, 11) is 1.53. The van der Waals surface area contributed by atoms with Gasteiger partial charge in [-0.15, -0.1) is 5.10 Å². The number of aryl methyl sites for hydroxylation is 1. The summed E-state index contributed by atoms with van der Waals surface area (Å²) in [5.41, 5.74) is 2.21. The molecule has 0 bridgehead atoms. The van der Waals surface area contributed by atoms with E-state index in [4.69, 9.17) is 25.8 Å². The number of hydrogen-bond acceptors (Lipinski definition) is 9. The van der Waals surface area contributed by atoms with E-state index >= 15 is 0 Å². The van der Waals surface area contributed by atoms with Gasteiger partial charge in [0.2, 0.25) is 5.13 Å². The number of nitrogens with one attached hydrogen (secondary N) is 1. The topological polar surface area (TPSA) is 108 Å². The van der Waals surface area contributed by atoms with Gasteiger partial charge in [-0.2, -0.15) is 0 Å². The van der Waals surface area contributed by atoms with E-state index in [1.807, 2.05) is 0 Å². The minimum atomic E-state index is -0.404. The third kappa shape index (κ3) is 4.35. The first-order valence-electron chi connectivity index (χ1n) is 9.06. The van der Waals surface area contributed by atoms with E-state index in [9.17, 15) is 4.79 Å². The van der Waals surface area contributed by atoms with Crippen LogP contribution >= 0.6 is 22.9 Å². The molecule has 1 N–H and O–H groups in total. The highest BCUT2D eigenvalue weighted by Gasteiger charge is 2.23. The fourth-order valence-electron chi connectivity index (χ4n) is 2.91. The predicted octanol–water partition coefficient (Wildman–Crippen LogP) is 3.24. The average Bonchev–Trinajstić information content (AvgIpc) is 3.13. The van der Waals surface area contributed by atoms with Crippen molar-refractivity contribution in [3.8, 4) is 22.1 Å².